The zero-order valence-corrected chi connectivity index (χ0v) is 16.6. The van der Waals surface area contributed by atoms with Gasteiger partial charge >= 0.3 is 0 Å². The molecule has 2 aromatic carbocycles. The molecule has 0 radical (unpaired) electrons. The molecule has 0 spiro atoms. The van der Waals surface area contributed by atoms with Gasteiger partial charge in [0.05, 0.1) is 31.0 Å². The normalized spacial score (nSPS) is 11.0. The van der Waals surface area contributed by atoms with E-state index in [1.807, 2.05) is 24.3 Å². The lowest BCUT2D eigenvalue weighted by Gasteiger charge is -2.12. The van der Waals surface area contributed by atoms with Crippen molar-refractivity contribution >= 4 is 27.2 Å². The standard InChI is InChI=1S/C20H21N3O4S/c1-14-12-18(27-3)9-10-19(14)28(24,25)23-20-11-6-16(13-21-20)22-15-4-7-17(26-2)8-5-15/h4-13,22H,1-3H3,(H,21,23). The number of aromatic nitrogens is 1. The maximum Gasteiger partial charge on any atom is 0.263 e. The van der Waals surface area contributed by atoms with Crippen molar-refractivity contribution in [2.24, 2.45) is 0 Å². The van der Waals surface area contributed by atoms with Gasteiger partial charge in [-0.25, -0.2) is 13.4 Å². The summed E-state index contributed by atoms with van der Waals surface area (Å²) in [5.74, 6) is 1.60. The van der Waals surface area contributed by atoms with Crippen molar-refractivity contribution in [1.29, 1.82) is 0 Å². The molecule has 0 saturated heterocycles. The van der Waals surface area contributed by atoms with Crippen LogP contribution in [-0.4, -0.2) is 27.6 Å². The van der Waals surface area contributed by atoms with Crippen molar-refractivity contribution in [2.75, 3.05) is 24.3 Å². The molecule has 0 saturated carbocycles. The van der Waals surface area contributed by atoms with Gasteiger partial charge in [0.1, 0.15) is 17.3 Å². The molecular formula is C20H21N3O4S. The summed E-state index contributed by atoms with van der Waals surface area (Å²) < 4.78 is 38.0. The van der Waals surface area contributed by atoms with Gasteiger partial charge in [-0.15, -0.1) is 0 Å². The van der Waals surface area contributed by atoms with Crippen LogP contribution < -0.4 is 19.5 Å². The van der Waals surface area contributed by atoms with Crippen LogP contribution in [0.4, 0.5) is 17.2 Å². The summed E-state index contributed by atoms with van der Waals surface area (Å²) in [6.45, 7) is 1.71. The van der Waals surface area contributed by atoms with E-state index >= 15 is 0 Å². The Morgan fingerprint density at radius 2 is 1.50 bits per heavy atom. The van der Waals surface area contributed by atoms with E-state index in [-0.39, 0.29) is 10.7 Å². The molecule has 0 bridgehead atoms. The van der Waals surface area contributed by atoms with Crippen molar-refractivity contribution in [3.05, 3.63) is 66.4 Å². The molecule has 1 heterocycles. The van der Waals surface area contributed by atoms with Crippen LogP contribution in [0.2, 0.25) is 0 Å². The zero-order valence-electron chi connectivity index (χ0n) is 15.8. The number of nitrogens with zero attached hydrogens (tertiary/aromatic N) is 1. The fraction of sp³-hybridized carbons (Fsp3) is 0.150. The topological polar surface area (TPSA) is 89.6 Å². The van der Waals surface area contributed by atoms with Crippen molar-refractivity contribution in [3.8, 4) is 11.5 Å². The molecule has 2 N–H and O–H groups in total. The smallest absolute Gasteiger partial charge is 0.263 e. The lowest BCUT2D eigenvalue weighted by molar-refractivity contribution is 0.414. The van der Waals surface area contributed by atoms with E-state index in [2.05, 4.69) is 15.0 Å². The number of benzene rings is 2. The molecule has 0 aliphatic rings. The van der Waals surface area contributed by atoms with Gasteiger partial charge in [-0.2, -0.15) is 0 Å². The maximum absolute atomic E-state index is 12.6. The Hall–Kier alpha value is -3.26. The summed E-state index contributed by atoms with van der Waals surface area (Å²) in [7, 11) is -0.606. The summed E-state index contributed by atoms with van der Waals surface area (Å²) in [6.07, 6.45) is 1.56. The largest absolute Gasteiger partial charge is 0.497 e. The summed E-state index contributed by atoms with van der Waals surface area (Å²) in [6, 6.07) is 15.6. The minimum atomic E-state index is -3.75. The summed E-state index contributed by atoms with van der Waals surface area (Å²) in [5, 5.41) is 3.19. The molecule has 146 valence electrons. The van der Waals surface area contributed by atoms with Crippen molar-refractivity contribution < 1.29 is 17.9 Å². The molecule has 7 nitrogen and oxygen atoms in total. The van der Waals surface area contributed by atoms with Crippen molar-refractivity contribution in [2.45, 2.75) is 11.8 Å². The van der Waals surface area contributed by atoms with Crippen LogP contribution in [-0.2, 0) is 10.0 Å². The number of ether oxygens (including phenoxy) is 2. The van der Waals surface area contributed by atoms with Crippen LogP contribution in [0.25, 0.3) is 0 Å². The van der Waals surface area contributed by atoms with Gasteiger partial charge in [-0.1, -0.05) is 0 Å². The van der Waals surface area contributed by atoms with Gasteiger partial charge < -0.3 is 14.8 Å². The van der Waals surface area contributed by atoms with Crippen LogP contribution in [0, 0.1) is 6.92 Å². The average molecular weight is 399 g/mol. The van der Waals surface area contributed by atoms with Gasteiger partial charge in [0.2, 0.25) is 0 Å². The molecule has 0 unspecified atom stereocenters. The predicted octanol–water partition coefficient (Wildman–Crippen LogP) is 3.95. The first kappa shape index (κ1) is 19.5. The fourth-order valence-electron chi connectivity index (χ4n) is 2.61. The second kappa shape index (κ2) is 8.18. The first-order chi connectivity index (χ1) is 13.4. The number of nitrogens with one attached hydrogen (secondary N) is 2. The van der Waals surface area contributed by atoms with E-state index in [4.69, 9.17) is 9.47 Å². The number of rotatable bonds is 7. The van der Waals surface area contributed by atoms with Crippen molar-refractivity contribution in [1.82, 2.24) is 4.98 Å². The summed E-state index contributed by atoms with van der Waals surface area (Å²) in [5.41, 5.74) is 2.18. The fourth-order valence-corrected chi connectivity index (χ4v) is 3.85. The van der Waals surface area contributed by atoms with Crippen LogP contribution >= 0.6 is 0 Å². The molecule has 0 atom stereocenters. The van der Waals surface area contributed by atoms with Gasteiger partial charge in [0, 0.05) is 5.69 Å². The van der Waals surface area contributed by atoms with E-state index in [1.165, 1.54) is 13.2 Å². The van der Waals surface area contributed by atoms with Crippen LogP contribution in [0.15, 0.2) is 65.7 Å². The van der Waals surface area contributed by atoms with E-state index in [0.717, 1.165) is 17.1 Å². The van der Waals surface area contributed by atoms with Crippen LogP contribution in [0.1, 0.15) is 5.56 Å². The number of methoxy groups -OCH3 is 2. The number of hydrogen-bond acceptors (Lipinski definition) is 6. The molecule has 0 aliphatic carbocycles. The Bertz CT molecular complexity index is 1050. The Morgan fingerprint density at radius 1 is 0.857 bits per heavy atom. The van der Waals surface area contributed by atoms with Gasteiger partial charge in [0.15, 0.2) is 0 Å². The minimum Gasteiger partial charge on any atom is -0.497 e. The Balaban J connectivity index is 1.72. The second-order valence-electron chi connectivity index (χ2n) is 6.02. The quantitative estimate of drug-likeness (QED) is 0.625. The first-order valence-electron chi connectivity index (χ1n) is 8.46. The van der Waals surface area contributed by atoms with Gasteiger partial charge in [0.25, 0.3) is 10.0 Å². The summed E-state index contributed by atoms with van der Waals surface area (Å²) >= 11 is 0. The van der Waals surface area contributed by atoms with E-state index in [0.29, 0.717) is 11.3 Å². The number of pyridine rings is 1. The van der Waals surface area contributed by atoms with Crippen LogP contribution in [0.3, 0.4) is 0 Å². The minimum absolute atomic E-state index is 0.176. The number of sulfonamides is 1. The maximum atomic E-state index is 12.6. The molecule has 1 aromatic heterocycles. The number of aryl methyl sites for hydroxylation is 1. The number of hydrogen-bond donors (Lipinski definition) is 2. The molecule has 3 rings (SSSR count). The lowest BCUT2D eigenvalue weighted by atomic mass is 10.2. The molecule has 8 heteroatoms. The van der Waals surface area contributed by atoms with Crippen molar-refractivity contribution in [3.63, 3.8) is 0 Å². The second-order valence-corrected chi connectivity index (χ2v) is 7.67. The Labute approximate surface area is 164 Å². The molecule has 3 aromatic rings. The monoisotopic (exact) mass is 399 g/mol. The highest BCUT2D eigenvalue weighted by Gasteiger charge is 2.18. The molecule has 0 amide bonds. The predicted molar refractivity (Wildman–Crippen MR) is 109 cm³/mol. The Kier molecular flexibility index (Phi) is 5.70. The highest BCUT2D eigenvalue weighted by Crippen LogP contribution is 2.24. The van der Waals surface area contributed by atoms with E-state index < -0.39 is 10.0 Å². The van der Waals surface area contributed by atoms with Gasteiger partial charge in [-0.3, -0.25) is 4.72 Å². The average Bonchev–Trinajstić information content (AvgIpc) is 2.69. The van der Waals surface area contributed by atoms with E-state index in [9.17, 15) is 8.42 Å². The van der Waals surface area contributed by atoms with Gasteiger partial charge in [-0.05, 0) is 67.1 Å². The highest BCUT2D eigenvalue weighted by molar-refractivity contribution is 7.92. The third-order valence-electron chi connectivity index (χ3n) is 4.05. The third-order valence-corrected chi connectivity index (χ3v) is 5.57. The van der Waals surface area contributed by atoms with Crippen LogP contribution in [0.5, 0.6) is 11.5 Å². The molecule has 28 heavy (non-hydrogen) atoms. The zero-order chi connectivity index (χ0) is 20.1. The molecule has 0 fully saturated rings. The first-order valence-corrected chi connectivity index (χ1v) is 9.94. The number of anilines is 3. The molecule has 0 aliphatic heterocycles. The SMILES string of the molecule is COc1ccc(Nc2ccc(NS(=O)(=O)c3ccc(OC)cc3C)nc2)cc1. The Morgan fingerprint density at radius 3 is 2.07 bits per heavy atom. The van der Waals surface area contributed by atoms with E-state index in [1.54, 1.807) is 44.5 Å². The molecular weight excluding hydrogens is 378 g/mol. The lowest BCUT2D eigenvalue weighted by Crippen LogP contribution is -2.15. The highest BCUT2D eigenvalue weighted by atomic mass is 32.2. The third kappa shape index (κ3) is 4.52. The summed E-state index contributed by atoms with van der Waals surface area (Å²) in [4.78, 5) is 4.36.